The number of carbonyl (C=O) groups is 2. The molecule has 2 rings (SSSR count). The number of benzene rings is 2. The number of ether oxygens (including phenoxy) is 1. The monoisotopic (exact) mass is 355 g/mol. The zero-order valence-corrected chi connectivity index (χ0v) is 14.7. The summed E-state index contributed by atoms with van der Waals surface area (Å²) in [7, 11) is 0. The second-order valence-corrected chi connectivity index (χ2v) is 5.81. The van der Waals surface area contributed by atoms with Crippen LogP contribution < -0.4 is 5.32 Å². The molecule has 4 nitrogen and oxygen atoms in total. The van der Waals surface area contributed by atoms with E-state index in [4.69, 9.17) is 4.74 Å². The molecular weight excluding hydrogens is 333 g/mol. The van der Waals surface area contributed by atoms with Gasteiger partial charge in [0.2, 0.25) is 0 Å². The summed E-state index contributed by atoms with van der Waals surface area (Å²) < 4.78 is 17.8. The van der Waals surface area contributed by atoms with Crippen molar-refractivity contribution in [1.29, 1.82) is 0 Å². The summed E-state index contributed by atoms with van der Waals surface area (Å²) in [5, 5.41) is 2.89. The van der Waals surface area contributed by atoms with E-state index in [0.717, 1.165) is 18.4 Å². The predicted molar refractivity (Wildman–Crippen MR) is 98.6 cm³/mol. The van der Waals surface area contributed by atoms with Crippen molar-refractivity contribution in [2.75, 3.05) is 6.61 Å². The lowest BCUT2D eigenvalue weighted by atomic mass is 10.0. The zero-order valence-electron chi connectivity index (χ0n) is 14.7. The van der Waals surface area contributed by atoms with Crippen LogP contribution in [0.4, 0.5) is 4.39 Å². The molecular formula is C21H22FNO3. The van der Waals surface area contributed by atoms with Crippen LogP contribution in [0.1, 0.15) is 36.9 Å². The minimum absolute atomic E-state index is 0.109. The first kappa shape index (κ1) is 19.4. The topological polar surface area (TPSA) is 55.4 Å². The summed E-state index contributed by atoms with van der Waals surface area (Å²) >= 11 is 0. The number of rotatable bonds is 8. The summed E-state index contributed by atoms with van der Waals surface area (Å²) in [4.78, 5) is 23.8. The Morgan fingerprint density at radius 1 is 1.12 bits per heavy atom. The smallest absolute Gasteiger partial charge is 0.331 e. The summed E-state index contributed by atoms with van der Waals surface area (Å²) in [6.45, 7) is 1.70. The van der Waals surface area contributed by atoms with E-state index in [2.05, 4.69) is 5.32 Å². The van der Waals surface area contributed by atoms with Gasteiger partial charge in [-0.25, -0.2) is 9.18 Å². The normalized spacial score (nSPS) is 11.9. The molecule has 0 saturated heterocycles. The molecule has 0 aromatic heterocycles. The van der Waals surface area contributed by atoms with Gasteiger partial charge < -0.3 is 10.1 Å². The second-order valence-electron chi connectivity index (χ2n) is 5.81. The molecule has 2 aromatic carbocycles. The van der Waals surface area contributed by atoms with Gasteiger partial charge in [-0.05, 0) is 35.8 Å². The first-order valence-corrected chi connectivity index (χ1v) is 8.53. The Bertz CT molecular complexity index is 742. The van der Waals surface area contributed by atoms with Gasteiger partial charge >= 0.3 is 5.97 Å². The van der Waals surface area contributed by atoms with Crippen molar-refractivity contribution in [2.24, 2.45) is 0 Å². The maximum absolute atomic E-state index is 12.8. The molecule has 1 atom stereocenters. The van der Waals surface area contributed by atoms with Crippen molar-refractivity contribution >= 4 is 18.0 Å². The lowest BCUT2D eigenvalue weighted by Gasteiger charge is -2.18. The minimum Gasteiger partial charge on any atom is -0.452 e. The molecule has 2 aromatic rings. The molecule has 26 heavy (non-hydrogen) atoms. The lowest BCUT2D eigenvalue weighted by Crippen LogP contribution is -2.32. The van der Waals surface area contributed by atoms with E-state index >= 15 is 0 Å². The Labute approximate surface area is 152 Å². The molecule has 5 heteroatoms. The summed E-state index contributed by atoms with van der Waals surface area (Å²) in [6.07, 6.45) is 4.43. The van der Waals surface area contributed by atoms with Crippen LogP contribution in [0.2, 0.25) is 0 Å². The average molecular weight is 355 g/mol. The Kier molecular flexibility index (Phi) is 7.55. The van der Waals surface area contributed by atoms with Gasteiger partial charge in [0.15, 0.2) is 6.61 Å². The van der Waals surface area contributed by atoms with E-state index in [1.165, 1.54) is 24.3 Å². The number of hydrogen-bond acceptors (Lipinski definition) is 3. The maximum atomic E-state index is 12.8. The van der Waals surface area contributed by atoms with E-state index in [1.54, 1.807) is 12.1 Å². The minimum atomic E-state index is -0.628. The number of hydrogen-bond donors (Lipinski definition) is 1. The third-order valence-electron chi connectivity index (χ3n) is 3.74. The Morgan fingerprint density at radius 3 is 2.46 bits per heavy atom. The van der Waals surface area contributed by atoms with E-state index in [-0.39, 0.29) is 24.4 Å². The molecule has 0 unspecified atom stereocenters. The second kappa shape index (κ2) is 10.1. The van der Waals surface area contributed by atoms with E-state index in [1.807, 2.05) is 37.3 Å². The Hall–Kier alpha value is -2.95. The molecule has 1 amide bonds. The lowest BCUT2D eigenvalue weighted by molar-refractivity contribution is -0.144. The Morgan fingerprint density at radius 2 is 1.81 bits per heavy atom. The van der Waals surface area contributed by atoms with Crippen molar-refractivity contribution in [3.05, 3.63) is 77.6 Å². The fourth-order valence-electron chi connectivity index (χ4n) is 2.46. The van der Waals surface area contributed by atoms with E-state index < -0.39 is 5.97 Å². The van der Waals surface area contributed by atoms with Crippen molar-refractivity contribution in [1.82, 2.24) is 5.32 Å². The molecule has 0 aliphatic rings. The summed E-state index contributed by atoms with van der Waals surface area (Å²) in [6, 6.07) is 15.3. The molecule has 0 heterocycles. The average Bonchev–Trinajstić information content (AvgIpc) is 2.66. The van der Waals surface area contributed by atoms with E-state index in [9.17, 15) is 14.0 Å². The molecule has 1 N–H and O–H groups in total. The van der Waals surface area contributed by atoms with Gasteiger partial charge in [0.05, 0.1) is 6.04 Å². The van der Waals surface area contributed by atoms with Crippen LogP contribution in [-0.4, -0.2) is 18.5 Å². The molecule has 0 spiro atoms. The van der Waals surface area contributed by atoms with Gasteiger partial charge in [0.25, 0.3) is 5.91 Å². The van der Waals surface area contributed by atoms with Gasteiger partial charge in [-0.15, -0.1) is 0 Å². The quantitative estimate of drug-likeness (QED) is 0.574. The highest BCUT2D eigenvalue weighted by atomic mass is 19.1. The highest BCUT2D eigenvalue weighted by Gasteiger charge is 2.14. The molecule has 136 valence electrons. The first-order valence-electron chi connectivity index (χ1n) is 8.53. The van der Waals surface area contributed by atoms with Crippen LogP contribution in [0.25, 0.3) is 6.08 Å². The molecule has 0 radical (unpaired) electrons. The fourth-order valence-corrected chi connectivity index (χ4v) is 2.46. The van der Waals surface area contributed by atoms with Crippen LogP contribution in [-0.2, 0) is 14.3 Å². The first-order chi connectivity index (χ1) is 12.6. The number of esters is 1. The van der Waals surface area contributed by atoms with Gasteiger partial charge in [0, 0.05) is 6.08 Å². The van der Waals surface area contributed by atoms with Crippen molar-refractivity contribution in [3.8, 4) is 0 Å². The summed E-state index contributed by atoms with van der Waals surface area (Å²) in [5.74, 6) is -1.33. The van der Waals surface area contributed by atoms with Crippen LogP contribution in [0, 0.1) is 5.82 Å². The van der Waals surface area contributed by atoms with Crippen molar-refractivity contribution < 1.29 is 18.7 Å². The van der Waals surface area contributed by atoms with Crippen LogP contribution >= 0.6 is 0 Å². The third kappa shape index (κ3) is 6.51. The summed E-state index contributed by atoms with van der Waals surface area (Å²) in [5.41, 5.74) is 1.69. The zero-order chi connectivity index (χ0) is 18.8. The highest BCUT2D eigenvalue weighted by molar-refractivity contribution is 5.89. The number of amides is 1. The van der Waals surface area contributed by atoms with Crippen LogP contribution in [0.3, 0.4) is 0 Å². The largest absolute Gasteiger partial charge is 0.452 e. The fraction of sp³-hybridized carbons (Fsp3) is 0.238. The van der Waals surface area contributed by atoms with Crippen molar-refractivity contribution in [2.45, 2.75) is 25.8 Å². The van der Waals surface area contributed by atoms with Gasteiger partial charge in [-0.1, -0.05) is 55.8 Å². The van der Waals surface area contributed by atoms with E-state index in [0.29, 0.717) is 5.56 Å². The van der Waals surface area contributed by atoms with Crippen LogP contribution in [0.15, 0.2) is 60.7 Å². The molecule has 0 aliphatic heterocycles. The molecule has 0 bridgehead atoms. The molecule has 0 fully saturated rings. The van der Waals surface area contributed by atoms with Gasteiger partial charge in [0.1, 0.15) is 5.82 Å². The van der Waals surface area contributed by atoms with Gasteiger partial charge in [-0.2, -0.15) is 0 Å². The standard InChI is InChI=1S/C21H22FNO3/c1-2-6-19(17-7-4-3-5-8-17)23-20(24)15-26-21(25)14-11-16-9-12-18(22)13-10-16/h3-5,7-14,19H,2,6,15H2,1H3,(H,23,24)/b14-11+/t19-/m0/s1. The molecule has 0 saturated carbocycles. The predicted octanol–water partition coefficient (Wildman–Crippen LogP) is 4.04. The number of nitrogens with one attached hydrogen (secondary N) is 1. The number of carbonyl (C=O) groups excluding carboxylic acids is 2. The molecule has 0 aliphatic carbocycles. The Balaban J connectivity index is 1.83. The van der Waals surface area contributed by atoms with Crippen LogP contribution in [0.5, 0.6) is 0 Å². The SMILES string of the molecule is CCC[C@H](NC(=O)COC(=O)/C=C/c1ccc(F)cc1)c1ccccc1. The maximum Gasteiger partial charge on any atom is 0.331 e. The van der Waals surface area contributed by atoms with Gasteiger partial charge in [-0.3, -0.25) is 4.79 Å². The highest BCUT2D eigenvalue weighted by Crippen LogP contribution is 2.17. The number of halogens is 1. The third-order valence-corrected chi connectivity index (χ3v) is 3.74. The van der Waals surface area contributed by atoms with Crippen molar-refractivity contribution in [3.63, 3.8) is 0 Å².